The standard InChI is InChI=1S/C11H11BrO2/c1-11(2)6-8(13)10-7(12)4-3-5-9(10)14-11/h3-5H,6H2,1-2H3. The van der Waals surface area contributed by atoms with Gasteiger partial charge >= 0.3 is 0 Å². The van der Waals surface area contributed by atoms with Gasteiger partial charge in [0.15, 0.2) is 5.78 Å². The second kappa shape index (κ2) is 3.09. The van der Waals surface area contributed by atoms with Gasteiger partial charge in [0.05, 0.1) is 12.0 Å². The summed E-state index contributed by atoms with van der Waals surface area (Å²) in [6.45, 7) is 3.85. The van der Waals surface area contributed by atoms with Crippen molar-refractivity contribution in [3.8, 4) is 5.75 Å². The normalized spacial score (nSPS) is 18.6. The lowest BCUT2D eigenvalue weighted by atomic mass is 9.93. The van der Waals surface area contributed by atoms with Crippen molar-refractivity contribution >= 4 is 21.7 Å². The molecule has 0 bridgehead atoms. The molecular formula is C11H11BrO2. The molecule has 74 valence electrons. The van der Waals surface area contributed by atoms with Gasteiger partial charge in [-0.15, -0.1) is 0 Å². The van der Waals surface area contributed by atoms with E-state index >= 15 is 0 Å². The Balaban J connectivity index is 2.56. The van der Waals surface area contributed by atoms with Crippen molar-refractivity contribution in [3.05, 3.63) is 28.2 Å². The first kappa shape index (κ1) is 9.71. The van der Waals surface area contributed by atoms with Crippen molar-refractivity contribution in [2.24, 2.45) is 0 Å². The lowest BCUT2D eigenvalue weighted by Gasteiger charge is -2.31. The average molecular weight is 255 g/mol. The lowest BCUT2D eigenvalue weighted by Crippen LogP contribution is -2.36. The first-order valence-electron chi connectivity index (χ1n) is 4.50. The van der Waals surface area contributed by atoms with Crippen molar-refractivity contribution in [3.63, 3.8) is 0 Å². The number of halogens is 1. The van der Waals surface area contributed by atoms with Crippen LogP contribution in [0, 0.1) is 0 Å². The van der Waals surface area contributed by atoms with Crippen molar-refractivity contribution in [1.29, 1.82) is 0 Å². The van der Waals surface area contributed by atoms with Gasteiger partial charge in [-0.3, -0.25) is 4.79 Å². The predicted molar refractivity (Wildman–Crippen MR) is 57.8 cm³/mol. The maximum atomic E-state index is 11.8. The minimum Gasteiger partial charge on any atom is -0.487 e. The van der Waals surface area contributed by atoms with Crippen LogP contribution in [0.15, 0.2) is 22.7 Å². The molecule has 1 aliphatic rings. The number of carbonyl (C=O) groups is 1. The summed E-state index contributed by atoms with van der Waals surface area (Å²) in [5, 5.41) is 0. The summed E-state index contributed by atoms with van der Waals surface area (Å²) >= 11 is 3.36. The Kier molecular flexibility index (Phi) is 2.14. The lowest BCUT2D eigenvalue weighted by molar-refractivity contribution is 0.0618. The summed E-state index contributed by atoms with van der Waals surface area (Å²) in [5.74, 6) is 0.823. The zero-order valence-corrected chi connectivity index (χ0v) is 9.72. The number of hydrogen-bond donors (Lipinski definition) is 0. The van der Waals surface area contributed by atoms with E-state index < -0.39 is 0 Å². The summed E-state index contributed by atoms with van der Waals surface area (Å²) < 4.78 is 6.53. The summed E-state index contributed by atoms with van der Waals surface area (Å²) in [4.78, 5) is 11.8. The first-order valence-corrected chi connectivity index (χ1v) is 5.30. The van der Waals surface area contributed by atoms with Gasteiger partial charge < -0.3 is 4.74 Å². The molecule has 0 amide bonds. The Bertz CT molecular complexity index is 396. The van der Waals surface area contributed by atoms with E-state index in [-0.39, 0.29) is 11.4 Å². The molecule has 0 aromatic heterocycles. The Hall–Kier alpha value is -0.830. The third-order valence-electron chi connectivity index (χ3n) is 2.23. The molecule has 0 N–H and O–H groups in total. The second-order valence-corrected chi connectivity index (χ2v) is 4.93. The molecule has 2 rings (SSSR count). The van der Waals surface area contributed by atoms with Crippen LogP contribution >= 0.6 is 15.9 Å². The molecule has 1 aromatic rings. The highest BCUT2D eigenvalue weighted by atomic mass is 79.9. The summed E-state index contributed by atoms with van der Waals surface area (Å²) in [7, 11) is 0. The molecule has 0 saturated heterocycles. The van der Waals surface area contributed by atoms with E-state index in [9.17, 15) is 4.79 Å². The molecule has 0 saturated carbocycles. The van der Waals surface area contributed by atoms with Crippen molar-refractivity contribution < 1.29 is 9.53 Å². The van der Waals surface area contributed by atoms with Gasteiger partial charge in [0.25, 0.3) is 0 Å². The first-order chi connectivity index (χ1) is 6.49. The van der Waals surface area contributed by atoms with Crippen molar-refractivity contribution in [1.82, 2.24) is 0 Å². The van der Waals surface area contributed by atoms with Crippen LogP contribution in [0.2, 0.25) is 0 Å². The Morgan fingerprint density at radius 2 is 2.14 bits per heavy atom. The van der Waals surface area contributed by atoms with E-state index in [0.29, 0.717) is 17.7 Å². The molecule has 1 aliphatic heterocycles. The highest BCUT2D eigenvalue weighted by Gasteiger charge is 2.33. The average Bonchev–Trinajstić information content (AvgIpc) is 2.00. The zero-order chi connectivity index (χ0) is 10.3. The number of ether oxygens (including phenoxy) is 1. The van der Waals surface area contributed by atoms with Crippen LogP contribution < -0.4 is 4.74 Å². The molecule has 0 atom stereocenters. The second-order valence-electron chi connectivity index (χ2n) is 4.07. The largest absolute Gasteiger partial charge is 0.487 e. The van der Waals surface area contributed by atoms with E-state index in [4.69, 9.17) is 4.74 Å². The smallest absolute Gasteiger partial charge is 0.171 e. The van der Waals surface area contributed by atoms with Crippen LogP contribution in [0.1, 0.15) is 30.6 Å². The molecule has 2 nitrogen and oxygen atoms in total. The number of hydrogen-bond acceptors (Lipinski definition) is 2. The Labute approximate surface area is 91.4 Å². The van der Waals surface area contributed by atoms with Gasteiger partial charge in [0.1, 0.15) is 11.4 Å². The minimum atomic E-state index is -0.384. The van der Waals surface area contributed by atoms with Gasteiger partial charge in [-0.1, -0.05) is 6.07 Å². The molecule has 3 heteroatoms. The predicted octanol–water partition coefficient (Wildman–Crippen LogP) is 3.19. The minimum absolute atomic E-state index is 0.142. The fraction of sp³-hybridized carbons (Fsp3) is 0.364. The zero-order valence-electron chi connectivity index (χ0n) is 8.13. The Morgan fingerprint density at radius 3 is 2.86 bits per heavy atom. The molecule has 0 fully saturated rings. The van der Waals surface area contributed by atoms with Gasteiger partial charge in [-0.05, 0) is 41.9 Å². The highest BCUT2D eigenvalue weighted by molar-refractivity contribution is 9.10. The SMILES string of the molecule is CC1(C)CC(=O)c2c(Br)cccc2O1. The fourth-order valence-electron chi connectivity index (χ4n) is 1.67. The fourth-order valence-corrected chi connectivity index (χ4v) is 2.24. The maximum Gasteiger partial charge on any atom is 0.171 e. The van der Waals surface area contributed by atoms with Crippen molar-refractivity contribution in [2.45, 2.75) is 25.9 Å². The number of benzene rings is 1. The van der Waals surface area contributed by atoms with Crippen LogP contribution in [0.25, 0.3) is 0 Å². The summed E-state index contributed by atoms with van der Waals surface area (Å²) in [6, 6.07) is 5.56. The van der Waals surface area contributed by atoms with Crippen LogP contribution in [-0.4, -0.2) is 11.4 Å². The van der Waals surface area contributed by atoms with Crippen LogP contribution in [0.4, 0.5) is 0 Å². The number of rotatable bonds is 0. The molecule has 0 unspecified atom stereocenters. The number of ketones is 1. The molecule has 0 aliphatic carbocycles. The van der Waals surface area contributed by atoms with E-state index in [1.807, 2.05) is 32.0 Å². The quantitative estimate of drug-likeness (QED) is 0.711. The van der Waals surface area contributed by atoms with E-state index in [0.717, 1.165) is 4.47 Å². The van der Waals surface area contributed by atoms with E-state index in [2.05, 4.69) is 15.9 Å². The molecule has 0 spiro atoms. The third-order valence-corrected chi connectivity index (χ3v) is 2.89. The summed E-state index contributed by atoms with van der Waals surface area (Å²) in [6.07, 6.45) is 0.433. The topological polar surface area (TPSA) is 26.3 Å². The molecule has 1 aromatic carbocycles. The van der Waals surface area contributed by atoms with Gasteiger partial charge in [0, 0.05) is 4.47 Å². The number of carbonyl (C=O) groups excluding carboxylic acids is 1. The van der Waals surface area contributed by atoms with Crippen molar-refractivity contribution in [2.75, 3.05) is 0 Å². The molecule has 14 heavy (non-hydrogen) atoms. The van der Waals surface area contributed by atoms with Gasteiger partial charge in [0.2, 0.25) is 0 Å². The number of fused-ring (bicyclic) bond motifs is 1. The van der Waals surface area contributed by atoms with E-state index in [1.165, 1.54) is 0 Å². The van der Waals surface area contributed by atoms with E-state index in [1.54, 1.807) is 0 Å². The number of Topliss-reactive ketones (excluding diaryl/α,β-unsaturated/α-hetero) is 1. The van der Waals surface area contributed by atoms with Crippen LogP contribution in [0.5, 0.6) is 5.75 Å². The Morgan fingerprint density at radius 1 is 1.43 bits per heavy atom. The van der Waals surface area contributed by atoms with Gasteiger partial charge in [-0.2, -0.15) is 0 Å². The monoisotopic (exact) mass is 254 g/mol. The highest BCUT2D eigenvalue weighted by Crippen LogP contribution is 2.36. The molecule has 0 radical (unpaired) electrons. The van der Waals surface area contributed by atoms with Crippen LogP contribution in [0.3, 0.4) is 0 Å². The maximum absolute atomic E-state index is 11.8. The van der Waals surface area contributed by atoms with Crippen LogP contribution in [-0.2, 0) is 0 Å². The molecule has 1 heterocycles. The summed E-state index contributed by atoms with van der Waals surface area (Å²) in [5.41, 5.74) is 0.289. The molecular weight excluding hydrogens is 244 g/mol. The third kappa shape index (κ3) is 1.57. The van der Waals surface area contributed by atoms with Gasteiger partial charge in [-0.25, -0.2) is 0 Å².